The van der Waals surface area contributed by atoms with Crippen LogP contribution in [-0.2, 0) is 16.0 Å². The van der Waals surface area contributed by atoms with Crippen LogP contribution in [-0.4, -0.2) is 23.5 Å². The van der Waals surface area contributed by atoms with Gasteiger partial charge in [0.1, 0.15) is 5.75 Å². The molecule has 0 unspecified atom stereocenters. The number of ketones is 1. The molecule has 0 bridgehead atoms. The van der Waals surface area contributed by atoms with E-state index in [0.29, 0.717) is 18.6 Å². The van der Waals surface area contributed by atoms with Crippen LogP contribution < -0.4 is 0 Å². The lowest BCUT2D eigenvalue weighted by atomic mass is 9.96. The Kier molecular flexibility index (Phi) is 9.03. The molecule has 0 heterocycles. The fraction of sp³-hybridized carbons (Fsp3) is 0.579. The van der Waals surface area contributed by atoms with Gasteiger partial charge in [-0.15, -0.1) is 0 Å². The topological polar surface area (TPSA) is 63.6 Å². The molecular weight excluding hydrogens is 292 g/mol. The molecule has 0 radical (unpaired) electrons. The summed E-state index contributed by atoms with van der Waals surface area (Å²) in [7, 11) is 0. The van der Waals surface area contributed by atoms with Gasteiger partial charge >= 0.3 is 5.97 Å². The third-order valence-electron chi connectivity index (χ3n) is 3.81. The highest BCUT2D eigenvalue weighted by molar-refractivity contribution is 6.00. The number of carbonyl (C=O) groups excluding carboxylic acids is 2. The molecule has 0 aliphatic carbocycles. The van der Waals surface area contributed by atoms with Gasteiger partial charge in [-0.25, -0.2) is 0 Å². The van der Waals surface area contributed by atoms with Gasteiger partial charge in [-0.3, -0.25) is 9.59 Å². The molecule has 1 aromatic carbocycles. The van der Waals surface area contributed by atoms with E-state index in [1.807, 2.05) is 0 Å². The van der Waals surface area contributed by atoms with E-state index in [0.717, 1.165) is 19.3 Å². The minimum atomic E-state index is -0.383. The van der Waals surface area contributed by atoms with Crippen LogP contribution in [0.15, 0.2) is 18.2 Å². The van der Waals surface area contributed by atoms with Crippen LogP contribution in [0.3, 0.4) is 0 Å². The molecule has 128 valence electrons. The second-order valence-corrected chi connectivity index (χ2v) is 5.73. The van der Waals surface area contributed by atoms with Crippen LogP contribution in [0.5, 0.6) is 5.75 Å². The van der Waals surface area contributed by atoms with E-state index in [1.54, 1.807) is 19.1 Å². The van der Waals surface area contributed by atoms with E-state index in [-0.39, 0.29) is 29.5 Å². The molecule has 0 amide bonds. The van der Waals surface area contributed by atoms with Crippen LogP contribution in [0.1, 0.15) is 74.7 Å². The normalized spacial score (nSPS) is 10.5. The van der Waals surface area contributed by atoms with Gasteiger partial charge in [0.25, 0.3) is 0 Å². The van der Waals surface area contributed by atoms with Crippen LogP contribution >= 0.6 is 0 Å². The maximum absolute atomic E-state index is 12.4. The molecule has 0 fully saturated rings. The Labute approximate surface area is 138 Å². The second kappa shape index (κ2) is 10.8. The number of esters is 1. The van der Waals surface area contributed by atoms with Gasteiger partial charge in [0.05, 0.1) is 18.6 Å². The average molecular weight is 320 g/mol. The summed E-state index contributed by atoms with van der Waals surface area (Å²) in [6.07, 6.45) is 7.03. The van der Waals surface area contributed by atoms with Crippen LogP contribution in [0, 0.1) is 0 Å². The zero-order valence-corrected chi connectivity index (χ0v) is 14.3. The molecule has 1 N–H and O–H groups in total. The predicted molar refractivity (Wildman–Crippen MR) is 90.8 cm³/mol. The van der Waals surface area contributed by atoms with Crippen molar-refractivity contribution in [2.24, 2.45) is 0 Å². The summed E-state index contributed by atoms with van der Waals surface area (Å²) in [6, 6.07) is 4.83. The van der Waals surface area contributed by atoms with E-state index in [2.05, 4.69) is 6.92 Å². The third-order valence-corrected chi connectivity index (χ3v) is 3.81. The van der Waals surface area contributed by atoms with E-state index in [1.165, 1.54) is 25.3 Å². The maximum atomic E-state index is 12.4. The van der Waals surface area contributed by atoms with Crippen molar-refractivity contribution in [2.75, 3.05) is 6.61 Å². The lowest BCUT2D eigenvalue weighted by Crippen LogP contribution is -2.12. The highest BCUT2D eigenvalue weighted by Gasteiger charge is 2.18. The minimum Gasteiger partial charge on any atom is -0.507 e. The summed E-state index contributed by atoms with van der Waals surface area (Å²) in [5.41, 5.74) is 0.813. The lowest BCUT2D eigenvalue weighted by Gasteiger charge is -2.10. The Balaban J connectivity index is 2.62. The highest BCUT2D eigenvalue weighted by Crippen LogP contribution is 2.24. The zero-order valence-electron chi connectivity index (χ0n) is 14.3. The molecule has 1 rings (SSSR count). The Bertz CT molecular complexity index is 508. The van der Waals surface area contributed by atoms with E-state index in [4.69, 9.17) is 4.74 Å². The number of unbranched alkanes of at least 4 members (excludes halogenated alkanes) is 5. The van der Waals surface area contributed by atoms with Gasteiger partial charge in [-0.05, 0) is 25.0 Å². The van der Waals surface area contributed by atoms with Crippen molar-refractivity contribution in [3.63, 3.8) is 0 Å². The van der Waals surface area contributed by atoms with Crippen molar-refractivity contribution in [3.8, 4) is 5.75 Å². The monoisotopic (exact) mass is 320 g/mol. The molecule has 4 heteroatoms. The molecule has 0 aromatic heterocycles. The first-order valence-electron chi connectivity index (χ1n) is 8.59. The van der Waals surface area contributed by atoms with E-state index < -0.39 is 0 Å². The molecule has 1 aromatic rings. The molecular formula is C19H28O4. The molecule has 0 saturated heterocycles. The molecule has 0 spiro atoms. The molecule has 0 saturated carbocycles. The Hall–Kier alpha value is -1.84. The number of ether oxygens (including phenoxy) is 1. The number of carbonyl (C=O) groups is 2. The van der Waals surface area contributed by atoms with E-state index in [9.17, 15) is 14.7 Å². The van der Waals surface area contributed by atoms with Gasteiger partial charge in [-0.1, -0.05) is 51.2 Å². The van der Waals surface area contributed by atoms with Gasteiger partial charge in [0.2, 0.25) is 0 Å². The summed E-state index contributed by atoms with van der Waals surface area (Å²) in [4.78, 5) is 24.0. The first-order valence-corrected chi connectivity index (χ1v) is 8.59. The molecule has 0 aliphatic heterocycles. The van der Waals surface area contributed by atoms with Gasteiger partial charge in [-0.2, -0.15) is 0 Å². The molecule has 4 nitrogen and oxygen atoms in total. The van der Waals surface area contributed by atoms with Crippen molar-refractivity contribution >= 4 is 11.8 Å². The minimum absolute atomic E-state index is 0.0137. The number of phenols is 1. The van der Waals surface area contributed by atoms with Crippen molar-refractivity contribution in [3.05, 3.63) is 29.3 Å². The van der Waals surface area contributed by atoms with Crippen LogP contribution in [0.25, 0.3) is 0 Å². The fourth-order valence-electron chi connectivity index (χ4n) is 2.61. The fourth-order valence-corrected chi connectivity index (χ4v) is 2.61. The van der Waals surface area contributed by atoms with Crippen molar-refractivity contribution in [1.82, 2.24) is 0 Å². The van der Waals surface area contributed by atoms with Gasteiger partial charge in [0, 0.05) is 6.42 Å². The molecule has 0 aliphatic rings. The SMILES string of the molecule is CCCCCCCCC(=O)c1c(O)cccc1CC(=O)OCC. The summed E-state index contributed by atoms with van der Waals surface area (Å²) in [6.45, 7) is 4.22. The van der Waals surface area contributed by atoms with Crippen molar-refractivity contribution < 1.29 is 19.4 Å². The lowest BCUT2D eigenvalue weighted by molar-refractivity contribution is -0.142. The Morgan fingerprint density at radius 1 is 1.04 bits per heavy atom. The number of hydrogen-bond acceptors (Lipinski definition) is 4. The Morgan fingerprint density at radius 2 is 1.74 bits per heavy atom. The maximum Gasteiger partial charge on any atom is 0.310 e. The third kappa shape index (κ3) is 6.85. The number of benzene rings is 1. The summed E-state index contributed by atoms with van der Waals surface area (Å²) >= 11 is 0. The largest absolute Gasteiger partial charge is 0.507 e. The number of Topliss-reactive ketones (excluding diaryl/α,β-unsaturated/α-hetero) is 1. The van der Waals surface area contributed by atoms with E-state index >= 15 is 0 Å². The number of phenolic OH excluding ortho intramolecular Hbond substituents is 1. The second-order valence-electron chi connectivity index (χ2n) is 5.73. The predicted octanol–water partition coefficient (Wildman–Crippen LogP) is 4.43. The zero-order chi connectivity index (χ0) is 17.1. The smallest absolute Gasteiger partial charge is 0.310 e. The summed E-state index contributed by atoms with van der Waals surface area (Å²) in [5.74, 6) is -0.535. The molecule has 23 heavy (non-hydrogen) atoms. The first kappa shape index (κ1) is 19.2. The Morgan fingerprint density at radius 3 is 2.43 bits per heavy atom. The standard InChI is InChI=1S/C19H28O4/c1-3-5-6-7-8-9-12-16(20)19-15(11-10-13-17(19)21)14-18(22)23-4-2/h10-11,13,21H,3-9,12,14H2,1-2H3. The summed E-state index contributed by atoms with van der Waals surface area (Å²) in [5, 5.41) is 10.0. The summed E-state index contributed by atoms with van der Waals surface area (Å²) < 4.78 is 4.92. The van der Waals surface area contributed by atoms with Crippen molar-refractivity contribution in [2.45, 2.75) is 65.2 Å². The van der Waals surface area contributed by atoms with Crippen LogP contribution in [0.4, 0.5) is 0 Å². The van der Waals surface area contributed by atoms with Gasteiger partial charge < -0.3 is 9.84 Å². The van der Waals surface area contributed by atoms with Gasteiger partial charge in [0.15, 0.2) is 5.78 Å². The highest BCUT2D eigenvalue weighted by atomic mass is 16.5. The van der Waals surface area contributed by atoms with Crippen LogP contribution in [0.2, 0.25) is 0 Å². The number of aromatic hydroxyl groups is 1. The first-order chi connectivity index (χ1) is 11.1. The molecule has 0 atom stereocenters. The number of rotatable bonds is 11. The average Bonchev–Trinajstić information content (AvgIpc) is 2.51. The number of hydrogen-bond donors (Lipinski definition) is 1. The van der Waals surface area contributed by atoms with Crippen molar-refractivity contribution in [1.29, 1.82) is 0 Å². The quantitative estimate of drug-likeness (QED) is 0.372.